The minimum Gasteiger partial charge on any atom is -0.536 e. The zero-order chi connectivity index (χ0) is 25.9. The molecule has 0 saturated carbocycles. The van der Waals surface area contributed by atoms with Gasteiger partial charge >= 0.3 is 0 Å². The molecule has 0 saturated heterocycles. The fraction of sp³-hybridized carbons (Fsp3) is 0.700. The Morgan fingerprint density at radius 3 is 2.33 bits per heavy atom. The molecule has 0 fully saturated rings. The number of ether oxygens (including phenoxy) is 1. The van der Waals surface area contributed by atoms with Crippen LogP contribution in [-0.4, -0.2) is 37.9 Å². The van der Waals surface area contributed by atoms with E-state index >= 15 is 0 Å². The molecule has 0 spiro atoms. The number of nitrogens with zero attached hydrogens (tertiary/aromatic N) is 3. The van der Waals surface area contributed by atoms with Crippen LogP contribution in [0.4, 0.5) is 0 Å². The van der Waals surface area contributed by atoms with Gasteiger partial charge in [-0.05, 0) is 62.1 Å². The second-order valence-electron chi connectivity index (χ2n) is 10.8. The van der Waals surface area contributed by atoms with Crippen molar-refractivity contribution in [1.29, 1.82) is 0 Å². The number of aryl methyl sites for hydroxylation is 1. The number of rotatable bonds is 21. The highest BCUT2D eigenvalue weighted by molar-refractivity contribution is 6.28. The zero-order valence-corrected chi connectivity index (χ0v) is 25.0. The lowest BCUT2D eigenvalue weighted by molar-refractivity contribution is 0.126. The van der Waals surface area contributed by atoms with Crippen LogP contribution in [0.15, 0.2) is 30.7 Å². The van der Waals surface area contributed by atoms with Crippen LogP contribution < -0.4 is 4.43 Å². The highest BCUT2D eigenvalue weighted by atomic mass is 28.2. The molecular weight excluding hydrogens is 462 g/mol. The van der Waals surface area contributed by atoms with Crippen molar-refractivity contribution in [3.63, 3.8) is 0 Å². The monoisotopic (exact) mass is 513 g/mol. The Morgan fingerprint density at radius 2 is 1.58 bits per heavy atom. The van der Waals surface area contributed by atoms with Crippen molar-refractivity contribution in [1.82, 2.24) is 15.0 Å². The Balaban J connectivity index is 1.69. The molecule has 0 atom stereocenters. The van der Waals surface area contributed by atoms with Crippen LogP contribution >= 0.6 is 0 Å². The summed E-state index contributed by atoms with van der Waals surface area (Å²) in [5.74, 6) is 0.713. The molecule has 0 radical (unpaired) electrons. The quantitative estimate of drug-likeness (QED) is 0.126. The summed E-state index contributed by atoms with van der Waals surface area (Å²) in [6, 6.07) is 5.17. The van der Waals surface area contributed by atoms with Gasteiger partial charge in [0.15, 0.2) is 0 Å². The van der Waals surface area contributed by atoms with Gasteiger partial charge in [-0.2, -0.15) is 0 Å². The summed E-state index contributed by atoms with van der Waals surface area (Å²) in [5.41, 5.74) is 3.29. The van der Waals surface area contributed by atoms with E-state index in [0.29, 0.717) is 11.3 Å². The van der Waals surface area contributed by atoms with Gasteiger partial charge in [0.2, 0.25) is 15.6 Å². The largest absolute Gasteiger partial charge is 0.536 e. The van der Waals surface area contributed by atoms with Crippen LogP contribution in [0.25, 0.3) is 11.3 Å². The Bertz CT molecular complexity index is 814. The topological polar surface area (TPSA) is 57.1 Å². The number of hydrogen-bond acceptors (Lipinski definition) is 5. The lowest BCUT2D eigenvalue weighted by Crippen LogP contribution is -2.11. The molecule has 0 amide bonds. The van der Waals surface area contributed by atoms with E-state index in [1.165, 1.54) is 70.3 Å². The van der Waals surface area contributed by atoms with Crippen molar-refractivity contribution >= 4 is 9.76 Å². The molecular formula is C30H51N3O2Si. The van der Waals surface area contributed by atoms with E-state index in [0.717, 1.165) is 49.4 Å². The van der Waals surface area contributed by atoms with Crippen LogP contribution in [0.3, 0.4) is 0 Å². The first-order valence-corrected chi connectivity index (χ1v) is 16.1. The van der Waals surface area contributed by atoms with Crippen molar-refractivity contribution < 1.29 is 9.16 Å². The number of pyridine rings is 1. The third-order valence-corrected chi connectivity index (χ3v) is 8.08. The van der Waals surface area contributed by atoms with E-state index in [1.807, 2.05) is 24.5 Å². The van der Waals surface area contributed by atoms with Crippen molar-refractivity contribution in [2.75, 3.05) is 13.2 Å². The Hall–Kier alpha value is -1.79. The highest BCUT2D eigenvalue weighted by Crippen LogP contribution is 2.30. The number of aromatic nitrogens is 3. The van der Waals surface area contributed by atoms with E-state index in [2.05, 4.69) is 42.6 Å². The lowest BCUT2D eigenvalue weighted by atomic mass is 9.82. The maximum Gasteiger partial charge on any atom is 0.221 e. The minimum absolute atomic E-state index is 0.471. The second-order valence-corrected chi connectivity index (χ2v) is 12.2. The average Bonchev–Trinajstić information content (AvgIpc) is 2.89. The first-order chi connectivity index (χ1) is 17.6. The van der Waals surface area contributed by atoms with Gasteiger partial charge in [0.1, 0.15) is 0 Å². The van der Waals surface area contributed by atoms with Gasteiger partial charge in [-0.15, -0.1) is 0 Å². The van der Waals surface area contributed by atoms with Crippen LogP contribution in [0.5, 0.6) is 5.88 Å². The average molecular weight is 514 g/mol. The summed E-state index contributed by atoms with van der Waals surface area (Å²) < 4.78 is 11.9. The molecule has 2 aromatic heterocycles. The molecule has 202 valence electrons. The normalized spacial score (nSPS) is 12.0. The standard InChI is InChI=1S/C30H51N3O2Si/c1-5-7-9-12-21-34-22-13-10-16-26-24-33-28(25-32-26)27-17-15-20-31-29(27)35-36-23-14-11-19-30(3,4)18-8-6-2/h15,17,20,24-25H,5-14,16,18-19,21-23,36H2,1-4H3. The summed E-state index contributed by atoms with van der Waals surface area (Å²) in [5, 5.41) is 0. The predicted molar refractivity (Wildman–Crippen MR) is 154 cm³/mol. The third kappa shape index (κ3) is 13.0. The van der Waals surface area contributed by atoms with Crippen LogP contribution in [0.1, 0.15) is 110 Å². The summed E-state index contributed by atoms with van der Waals surface area (Å²) in [6.07, 6.45) is 21.5. The van der Waals surface area contributed by atoms with E-state index in [1.54, 1.807) is 6.20 Å². The van der Waals surface area contributed by atoms with E-state index in [-0.39, 0.29) is 0 Å². The maximum absolute atomic E-state index is 6.20. The maximum atomic E-state index is 6.20. The molecule has 0 aliphatic rings. The van der Waals surface area contributed by atoms with Crippen molar-refractivity contribution in [3.8, 4) is 17.1 Å². The van der Waals surface area contributed by atoms with Crippen molar-refractivity contribution in [3.05, 3.63) is 36.4 Å². The molecule has 5 nitrogen and oxygen atoms in total. The number of unbranched alkanes of at least 4 members (excludes halogenated alkanes) is 6. The molecule has 2 rings (SSSR count). The molecule has 36 heavy (non-hydrogen) atoms. The molecule has 0 N–H and O–H groups in total. The van der Waals surface area contributed by atoms with E-state index < -0.39 is 9.76 Å². The van der Waals surface area contributed by atoms with Crippen LogP contribution in [-0.2, 0) is 11.2 Å². The summed E-state index contributed by atoms with van der Waals surface area (Å²) in [4.78, 5) is 13.8. The lowest BCUT2D eigenvalue weighted by Gasteiger charge is -2.24. The first-order valence-electron chi connectivity index (χ1n) is 14.5. The number of hydrogen-bond donors (Lipinski definition) is 0. The van der Waals surface area contributed by atoms with Gasteiger partial charge in [0.25, 0.3) is 0 Å². The fourth-order valence-corrected chi connectivity index (χ4v) is 5.52. The fourth-order valence-electron chi connectivity index (χ4n) is 4.40. The summed E-state index contributed by atoms with van der Waals surface area (Å²) >= 11 is 0. The minimum atomic E-state index is -0.649. The van der Waals surface area contributed by atoms with Crippen LogP contribution in [0.2, 0.25) is 6.04 Å². The SMILES string of the molecule is CCCCCCOCCCCc1cnc(-c2cccnc2O[SiH2]CCCCC(C)(C)CCCC)cn1. The van der Waals surface area contributed by atoms with Crippen molar-refractivity contribution in [2.24, 2.45) is 5.41 Å². The van der Waals surface area contributed by atoms with Gasteiger partial charge < -0.3 is 9.16 Å². The Labute approximate surface area is 223 Å². The molecule has 0 unspecified atom stereocenters. The molecule has 2 heterocycles. The van der Waals surface area contributed by atoms with E-state index in [4.69, 9.17) is 9.16 Å². The second kappa shape index (κ2) is 18.5. The smallest absolute Gasteiger partial charge is 0.221 e. The molecule has 0 bridgehead atoms. The van der Waals surface area contributed by atoms with Crippen LogP contribution in [0, 0.1) is 5.41 Å². The Morgan fingerprint density at radius 1 is 0.806 bits per heavy atom. The van der Waals surface area contributed by atoms with Gasteiger partial charge in [0.05, 0.1) is 23.1 Å². The highest BCUT2D eigenvalue weighted by Gasteiger charge is 2.16. The van der Waals surface area contributed by atoms with Crippen molar-refractivity contribution in [2.45, 2.75) is 117 Å². The van der Waals surface area contributed by atoms with Gasteiger partial charge in [-0.3, -0.25) is 9.97 Å². The van der Waals surface area contributed by atoms with Gasteiger partial charge in [-0.1, -0.05) is 72.6 Å². The van der Waals surface area contributed by atoms with E-state index in [9.17, 15) is 0 Å². The third-order valence-electron chi connectivity index (χ3n) is 6.81. The molecule has 0 aliphatic heterocycles. The summed E-state index contributed by atoms with van der Waals surface area (Å²) in [6.45, 7) is 11.1. The molecule has 2 aromatic rings. The summed E-state index contributed by atoms with van der Waals surface area (Å²) in [7, 11) is -0.649. The molecule has 0 aromatic carbocycles. The molecule has 0 aliphatic carbocycles. The van der Waals surface area contributed by atoms with Gasteiger partial charge in [-0.25, -0.2) is 4.98 Å². The van der Waals surface area contributed by atoms with Gasteiger partial charge in [0, 0.05) is 25.6 Å². The zero-order valence-electron chi connectivity index (χ0n) is 23.6. The first kappa shape index (κ1) is 30.4. The predicted octanol–water partition coefficient (Wildman–Crippen LogP) is 7.73. The molecule has 6 heteroatoms. The Kier molecular flexibility index (Phi) is 15.6.